The van der Waals surface area contributed by atoms with E-state index in [0.717, 1.165) is 6.42 Å². The molecule has 0 N–H and O–H groups in total. The number of ether oxygens (including phenoxy) is 1. The minimum absolute atomic E-state index is 0.0239. The van der Waals surface area contributed by atoms with Gasteiger partial charge in [-0.2, -0.15) is 13.2 Å². The highest BCUT2D eigenvalue weighted by Gasteiger charge is 2.41. The van der Waals surface area contributed by atoms with E-state index in [1.165, 1.54) is 12.1 Å². The monoisotopic (exact) mass is 246 g/mol. The number of esters is 1. The van der Waals surface area contributed by atoms with Crippen LogP contribution in [0.25, 0.3) is 0 Å². The Hall–Kier alpha value is -1.52. The Morgan fingerprint density at radius 3 is 2.47 bits per heavy atom. The first-order chi connectivity index (χ1) is 7.86. The second-order valence-electron chi connectivity index (χ2n) is 3.73. The number of hydrogen-bond acceptors (Lipinski definition) is 2. The van der Waals surface area contributed by atoms with E-state index in [9.17, 15) is 18.0 Å². The van der Waals surface area contributed by atoms with Crippen molar-refractivity contribution in [1.29, 1.82) is 0 Å². The molecule has 0 radical (unpaired) electrons. The average Bonchev–Trinajstić information content (AvgIpc) is 2.27. The van der Waals surface area contributed by atoms with Gasteiger partial charge in [-0.05, 0) is 24.0 Å². The van der Waals surface area contributed by atoms with Crippen molar-refractivity contribution in [3.63, 3.8) is 0 Å². The molecule has 0 aliphatic carbocycles. The highest BCUT2D eigenvalue weighted by atomic mass is 19.4. The molecule has 0 saturated heterocycles. The summed E-state index contributed by atoms with van der Waals surface area (Å²) in [7, 11) is 0. The Morgan fingerprint density at radius 1 is 1.35 bits per heavy atom. The Bertz CT molecular complexity index is 399. The number of carbonyl (C=O) groups excluding carboxylic acids is 1. The molecule has 2 nitrogen and oxygen atoms in total. The fourth-order valence-corrected chi connectivity index (χ4v) is 1.36. The zero-order chi connectivity index (χ0) is 13.1. The molecule has 0 saturated carbocycles. The number of hydrogen-bond donors (Lipinski definition) is 0. The number of para-hydroxylation sites is 1. The molecule has 5 heteroatoms. The van der Waals surface area contributed by atoms with Gasteiger partial charge in [-0.1, -0.05) is 32.0 Å². The maximum absolute atomic E-state index is 12.1. The molecule has 1 atom stereocenters. The number of halogens is 3. The van der Waals surface area contributed by atoms with Crippen molar-refractivity contribution in [2.45, 2.75) is 32.4 Å². The second-order valence-corrected chi connectivity index (χ2v) is 3.73. The topological polar surface area (TPSA) is 26.3 Å². The Morgan fingerprint density at radius 2 is 1.94 bits per heavy atom. The lowest BCUT2D eigenvalue weighted by atomic mass is 9.98. The van der Waals surface area contributed by atoms with Gasteiger partial charge in [0, 0.05) is 0 Å². The fourth-order valence-electron chi connectivity index (χ4n) is 1.36. The van der Waals surface area contributed by atoms with Gasteiger partial charge in [0.05, 0.1) is 0 Å². The molecule has 0 amide bonds. The molecule has 1 aromatic carbocycles. The van der Waals surface area contributed by atoms with Crippen LogP contribution in [0.1, 0.15) is 31.7 Å². The van der Waals surface area contributed by atoms with Crippen molar-refractivity contribution in [3.8, 4) is 5.75 Å². The predicted molar refractivity (Wildman–Crippen MR) is 56.8 cm³/mol. The molecule has 94 valence electrons. The maximum atomic E-state index is 12.1. The normalized spacial score (nSPS) is 13.2. The van der Waals surface area contributed by atoms with Gasteiger partial charge in [-0.25, -0.2) is 4.79 Å². The quantitative estimate of drug-likeness (QED) is 0.600. The van der Waals surface area contributed by atoms with Crippen LogP contribution in [0.5, 0.6) is 5.75 Å². The van der Waals surface area contributed by atoms with Crippen LogP contribution in [0.2, 0.25) is 0 Å². The van der Waals surface area contributed by atoms with Crippen LogP contribution in [0, 0.1) is 0 Å². The number of rotatable bonds is 3. The zero-order valence-electron chi connectivity index (χ0n) is 9.54. The smallest absolute Gasteiger partial charge is 0.420 e. The molecular weight excluding hydrogens is 233 g/mol. The van der Waals surface area contributed by atoms with E-state index in [1.807, 2.05) is 13.8 Å². The lowest BCUT2D eigenvalue weighted by Gasteiger charge is -2.15. The maximum Gasteiger partial charge on any atom is 0.491 e. The summed E-state index contributed by atoms with van der Waals surface area (Å²) in [5.74, 6) is -2.18. The molecular formula is C12H13F3O2. The summed E-state index contributed by atoms with van der Waals surface area (Å²) >= 11 is 0. The van der Waals surface area contributed by atoms with Crippen LogP contribution >= 0.6 is 0 Å². The van der Waals surface area contributed by atoms with Gasteiger partial charge >= 0.3 is 12.1 Å². The second kappa shape index (κ2) is 5.21. The highest BCUT2D eigenvalue weighted by molar-refractivity contribution is 5.78. The van der Waals surface area contributed by atoms with E-state index < -0.39 is 12.1 Å². The Kier molecular flexibility index (Phi) is 4.15. The molecule has 0 heterocycles. The molecule has 0 spiro atoms. The molecule has 0 aliphatic rings. The number of benzene rings is 1. The van der Waals surface area contributed by atoms with E-state index in [-0.39, 0.29) is 11.7 Å². The molecule has 0 fully saturated rings. The van der Waals surface area contributed by atoms with Gasteiger partial charge in [0.2, 0.25) is 0 Å². The number of alkyl halides is 3. The van der Waals surface area contributed by atoms with Crippen LogP contribution in [0.3, 0.4) is 0 Å². The first kappa shape index (κ1) is 13.5. The van der Waals surface area contributed by atoms with Crippen molar-refractivity contribution in [2.75, 3.05) is 0 Å². The molecule has 0 bridgehead atoms. The average molecular weight is 246 g/mol. The predicted octanol–water partition coefficient (Wildman–Crippen LogP) is 3.67. The molecule has 1 unspecified atom stereocenters. The van der Waals surface area contributed by atoms with E-state index in [4.69, 9.17) is 0 Å². The van der Waals surface area contributed by atoms with Crippen molar-refractivity contribution < 1.29 is 22.7 Å². The molecule has 1 rings (SSSR count). The largest absolute Gasteiger partial charge is 0.491 e. The third kappa shape index (κ3) is 3.47. The number of carbonyl (C=O) groups is 1. The van der Waals surface area contributed by atoms with Gasteiger partial charge in [0.15, 0.2) is 0 Å². The van der Waals surface area contributed by atoms with Gasteiger partial charge in [-0.15, -0.1) is 0 Å². The Labute approximate surface area is 97.4 Å². The lowest BCUT2D eigenvalue weighted by Crippen LogP contribution is -2.28. The van der Waals surface area contributed by atoms with E-state index in [2.05, 4.69) is 4.74 Å². The minimum atomic E-state index is -4.97. The van der Waals surface area contributed by atoms with Gasteiger partial charge in [-0.3, -0.25) is 0 Å². The third-order valence-electron chi connectivity index (χ3n) is 2.50. The van der Waals surface area contributed by atoms with Crippen molar-refractivity contribution in [2.24, 2.45) is 0 Å². The van der Waals surface area contributed by atoms with Gasteiger partial charge in [0.1, 0.15) is 5.75 Å². The van der Waals surface area contributed by atoms with Gasteiger partial charge < -0.3 is 4.74 Å². The minimum Gasteiger partial charge on any atom is -0.420 e. The standard InChI is InChI=1S/C12H13F3O2/c1-3-8(2)9-6-4-5-7-10(9)17-11(16)12(13,14)15/h4-8H,3H2,1-2H3. The van der Waals surface area contributed by atoms with Crippen LogP contribution in [-0.2, 0) is 4.79 Å². The molecule has 0 aromatic heterocycles. The van der Waals surface area contributed by atoms with Crippen molar-refractivity contribution >= 4 is 5.97 Å². The van der Waals surface area contributed by atoms with Crippen molar-refractivity contribution in [3.05, 3.63) is 29.8 Å². The summed E-state index contributed by atoms with van der Waals surface area (Å²) in [6, 6.07) is 6.26. The van der Waals surface area contributed by atoms with Crippen molar-refractivity contribution in [1.82, 2.24) is 0 Å². The SMILES string of the molecule is CCC(C)c1ccccc1OC(=O)C(F)(F)F. The summed E-state index contributed by atoms with van der Waals surface area (Å²) in [6.45, 7) is 3.77. The summed E-state index contributed by atoms with van der Waals surface area (Å²) < 4.78 is 40.6. The van der Waals surface area contributed by atoms with E-state index in [0.29, 0.717) is 5.56 Å². The lowest BCUT2D eigenvalue weighted by molar-refractivity contribution is -0.189. The van der Waals surface area contributed by atoms with Crippen LogP contribution in [0.4, 0.5) is 13.2 Å². The first-order valence-electron chi connectivity index (χ1n) is 5.24. The summed E-state index contributed by atoms with van der Waals surface area (Å²) in [6.07, 6.45) is -4.22. The molecule has 17 heavy (non-hydrogen) atoms. The third-order valence-corrected chi connectivity index (χ3v) is 2.50. The van der Waals surface area contributed by atoms with Crippen LogP contribution in [0.15, 0.2) is 24.3 Å². The molecule has 0 aliphatic heterocycles. The van der Waals surface area contributed by atoms with Gasteiger partial charge in [0.25, 0.3) is 0 Å². The van der Waals surface area contributed by atoms with E-state index in [1.54, 1.807) is 12.1 Å². The highest BCUT2D eigenvalue weighted by Crippen LogP contribution is 2.30. The van der Waals surface area contributed by atoms with Crippen LogP contribution < -0.4 is 4.74 Å². The zero-order valence-corrected chi connectivity index (χ0v) is 9.54. The Balaban J connectivity index is 2.95. The van der Waals surface area contributed by atoms with E-state index >= 15 is 0 Å². The first-order valence-corrected chi connectivity index (χ1v) is 5.24. The van der Waals surface area contributed by atoms with Crippen LogP contribution in [-0.4, -0.2) is 12.1 Å². The molecule has 1 aromatic rings. The summed E-state index contributed by atoms with van der Waals surface area (Å²) in [5.41, 5.74) is 0.604. The fraction of sp³-hybridized carbons (Fsp3) is 0.417. The summed E-state index contributed by atoms with van der Waals surface area (Å²) in [5, 5.41) is 0. The summed E-state index contributed by atoms with van der Waals surface area (Å²) in [4.78, 5) is 10.7.